The number of carbonyl (C=O) groups is 1. The maximum atomic E-state index is 11.9. The topological polar surface area (TPSA) is 80.9 Å². The number of benzene rings is 1. The smallest absolute Gasteiger partial charge is 0.187 e. The van der Waals surface area contributed by atoms with Crippen molar-refractivity contribution in [2.75, 3.05) is 11.1 Å². The van der Waals surface area contributed by atoms with E-state index < -0.39 is 0 Å². The fourth-order valence-corrected chi connectivity index (χ4v) is 4.20. The number of unbranched alkanes of at least 4 members (excludes halogenated alkanes) is 1. The van der Waals surface area contributed by atoms with Crippen LogP contribution in [0.5, 0.6) is 0 Å². The van der Waals surface area contributed by atoms with E-state index in [9.17, 15) is 4.79 Å². The maximum Gasteiger partial charge on any atom is 0.187 e. The third kappa shape index (κ3) is 4.68. The lowest BCUT2D eigenvalue weighted by Gasteiger charge is -2.05. The van der Waals surface area contributed by atoms with Crippen LogP contribution < -0.4 is 11.1 Å². The van der Waals surface area contributed by atoms with E-state index in [-0.39, 0.29) is 0 Å². The van der Waals surface area contributed by atoms with Crippen molar-refractivity contribution in [3.8, 4) is 10.6 Å². The van der Waals surface area contributed by atoms with Crippen LogP contribution in [-0.2, 0) is 11.2 Å². The summed E-state index contributed by atoms with van der Waals surface area (Å²) in [6, 6.07) is 7.96. The molecule has 0 atom stereocenters. The standard InChI is InChI=1S/C19H22N4OS2/c1-3-4-5-15(24)10-13-6-8-14(9-7-13)22-19-23-16(11-25-19)17-12(2)21-18(20)26-17/h6-9,11H,3-5,10H2,1-2H3,(H2,20,21)(H,22,23). The van der Waals surface area contributed by atoms with Gasteiger partial charge >= 0.3 is 0 Å². The molecule has 136 valence electrons. The van der Waals surface area contributed by atoms with Crippen molar-refractivity contribution in [1.29, 1.82) is 0 Å². The largest absolute Gasteiger partial charge is 0.375 e. The number of nitrogen functional groups attached to an aromatic ring is 1. The van der Waals surface area contributed by atoms with Crippen LogP contribution in [0.15, 0.2) is 29.6 Å². The minimum atomic E-state index is 0.302. The molecule has 5 nitrogen and oxygen atoms in total. The van der Waals surface area contributed by atoms with Gasteiger partial charge < -0.3 is 11.1 Å². The van der Waals surface area contributed by atoms with Crippen LogP contribution in [0.2, 0.25) is 0 Å². The monoisotopic (exact) mass is 386 g/mol. The van der Waals surface area contributed by atoms with E-state index in [2.05, 4.69) is 22.2 Å². The Morgan fingerprint density at radius 2 is 2.00 bits per heavy atom. The van der Waals surface area contributed by atoms with Crippen molar-refractivity contribution in [2.24, 2.45) is 0 Å². The number of nitrogens with zero attached hydrogens (tertiary/aromatic N) is 2. The van der Waals surface area contributed by atoms with Gasteiger partial charge in [0.25, 0.3) is 0 Å². The number of hydrogen-bond acceptors (Lipinski definition) is 7. The Morgan fingerprint density at radius 3 is 2.65 bits per heavy atom. The van der Waals surface area contributed by atoms with Gasteiger partial charge in [0.2, 0.25) is 0 Å². The van der Waals surface area contributed by atoms with E-state index in [1.54, 1.807) is 11.3 Å². The molecule has 2 heterocycles. The number of ketones is 1. The first-order valence-electron chi connectivity index (χ1n) is 8.61. The number of thiazole rings is 2. The molecule has 0 aliphatic carbocycles. The Balaban J connectivity index is 1.63. The number of aromatic nitrogens is 2. The second-order valence-corrected chi connectivity index (χ2v) is 8.03. The molecule has 0 unspecified atom stereocenters. The number of carbonyl (C=O) groups excluding carboxylic acids is 1. The zero-order valence-corrected chi connectivity index (χ0v) is 16.5. The number of anilines is 3. The highest BCUT2D eigenvalue weighted by molar-refractivity contribution is 7.19. The van der Waals surface area contributed by atoms with Crippen LogP contribution in [0.3, 0.4) is 0 Å². The molecule has 0 saturated carbocycles. The van der Waals surface area contributed by atoms with Gasteiger partial charge in [0.15, 0.2) is 10.3 Å². The lowest BCUT2D eigenvalue weighted by Crippen LogP contribution is -2.02. The molecular weight excluding hydrogens is 364 g/mol. The number of rotatable bonds is 8. The molecule has 0 fully saturated rings. The SMILES string of the molecule is CCCCC(=O)Cc1ccc(Nc2nc(-c3sc(N)nc3C)cs2)cc1. The van der Waals surface area contributed by atoms with Gasteiger partial charge in [0.1, 0.15) is 5.78 Å². The fraction of sp³-hybridized carbons (Fsp3) is 0.316. The molecule has 0 spiro atoms. The van der Waals surface area contributed by atoms with Gasteiger partial charge in [-0.05, 0) is 31.0 Å². The molecule has 0 amide bonds. The molecule has 0 aliphatic heterocycles. The van der Waals surface area contributed by atoms with Crippen molar-refractivity contribution >= 4 is 44.4 Å². The number of hydrogen-bond donors (Lipinski definition) is 2. The molecule has 2 aromatic heterocycles. The molecule has 0 aliphatic rings. The molecule has 0 bridgehead atoms. The van der Waals surface area contributed by atoms with Gasteiger partial charge in [-0.2, -0.15) is 0 Å². The average Bonchev–Trinajstić information content (AvgIpc) is 3.20. The lowest BCUT2D eigenvalue weighted by atomic mass is 10.0. The molecule has 3 N–H and O–H groups in total. The minimum Gasteiger partial charge on any atom is -0.375 e. The molecule has 3 rings (SSSR count). The van der Waals surface area contributed by atoms with Crippen LogP contribution in [-0.4, -0.2) is 15.8 Å². The van der Waals surface area contributed by atoms with E-state index in [0.717, 1.165) is 45.5 Å². The van der Waals surface area contributed by atoms with Crippen molar-refractivity contribution in [1.82, 2.24) is 9.97 Å². The Hall–Kier alpha value is -2.25. The van der Waals surface area contributed by atoms with E-state index in [1.165, 1.54) is 11.3 Å². The zero-order valence-electron chi connectivity index (χ0n) is 14.9. The van der Waals surface area contributed by atoms with Crippen LogP contribution in [0.4, 0.5) is 16.0 Å². The highest BCUT2D eigenvalue weighted by atomic mass is 32.1. The summed E-state index contributed by atoms with van der Waals surface area (Å²) in [6.07, 6.45) is 3.20. The summed E-state index contributed by atoms with van der Waals surface area (Å²) in [4.78, 5) is 21.8. The first-order valence-corrected chi connectivity index (χ1v) is 10.3. The highest BCUT2D eigenvalue weighted by Gasteiger charge is 2.12. The second-order valence-electron chi connectivity index (χ2n) is 6.15. The zero-order chi connectivity index (χ0) is 18.5. The fourth-order valence-electron chi connectivity index (χ4n) is 2.61. The van der Waals surface area contributed by atoms with Crippen molar-refractivity contribution in [3.05, 3.63) is 40.9 Å². The Labute approximate surface area is 161 Å². The van der Waals surface area contributed by atoms with Gasteiger partial charge in [0.05, 0.1) is 16.3 Å². The predicted octanol–water partition coefficient (Wildman–Crippen LogP) is 5.20. The second kappa shape index (κ2) is 8.42. The Morgan fingerprint density at radius 1 is 1.23 bits per heavy atom. The van der Waals surface area contributed by atoms with Gasteiger partial charge in [-0.15, -0.1) is 11.3 Å². The lowest BCUT2D eigenvalue weighted by molar-refractivity contribution is -0.118. The van der Waals surface area contributed by atoms with Crippen molar-refractivity contribution in [2.45, 2.75) is 39.5 Å². The Kier molecular flexibility index (Phi) is 6.00. The third-order valence-electron chi connectivity index (χ3n) is 3.97. The van der Waals surface area contributed by atoms with Crippen LogP contribution in [0.25, 0.3) is 10.6 Å². The first kappa shape index (κ1) is 18.5. The summed E-state index contributed by atoms with van der Waals surface area (Å²) in [5.41, 5.74) is 9.56. The van der Waals surface area contributed by atoms with Gasteiger partial charge in [-0.1, -0.05) is 36.8 Å². The molecule has 3 aromatic rings. The number of nitrogens with two attached hydrogens (primary N) is 1. The quantitative estimate of drug-likeness (QED) is 0.556. The molecule has 0 saturated heterocycles. The molecule has 26 heavy (non-hydrogen) atoms. The van der Waals surface area contributed by atoms with Crippen molar-refractivity contribution in [3.63, 3.8) is 0 Å². The van der Waals surface area contributed by atoms with E-state index >= 15 is 0 Å². The number of nitrogens with one attached hydrogen (secondary N) is 1. The van der Waals surface area contributed by atoms with Gasteiger partial charge in [0, 0.05) is 23.9 Å². The minimum absolute atomic E-state index is 0.302. The Bertz CT molecular complexity index is 883. The summed E-state index contributed by atoms with van der Waals surface area (Å²) in [5, 5.41) is 6.69. The molecular formula is C19H22N4OS2. The number of aryl methyl sites for hydroxylation is 1. The van der Waals surface area contributed by atoms with Crippen LogP contribution in [0.1, 0.15) is 37.4 Å². The maximum absolute atomic E-state index is 11.9. The number of Topliss-reactive ketones (excluding diaryl/α,β-unsaturated/α-hetero) is 1. The van der Waals surface area contributed by atoms with Gasteiger partial charge in [-0.3, -0.25) is 4.79 Å². The van der Waals surface area contributed by atoms with Crippen LogP contribution >= 0.6 is 22.7 Å². The first-order chi connectivity index (χ1) is 12.5. The van der Waals surface area contributed by atoms with Crippen LogP contribution in [0, 0.1) is 6.92 Å². The summed E-state index contributed by atoms with van der Waals surface area (Å²) in [6.45, 7) is 4.04. The van der Waals surface area contributed by atoms with E-state index in [1.807, 2.05) is 36.6 Å². The summed E-state index contributed by atoms with van der Waals surface area (Å²) in [5.74, 6) is 0.302. The molecule has 7 heteroatoms. The third-order valence-corrected chi connectivity index (χ3v) is 5.73. The molecule has 0 radical (unpaired) electrons. The summed E-state index contributed by atoms with van der Waals surface area (Å²) < 4.78 is 0. The summed E-state index contributed by atoms with van der Waals surface area (Å²) >= 11 is 2.99. The highest BCUT2D eigenvalue weighted by Crippen LogP contribution is 2.34. The normalized spacial score (nSPS) is 10.8. The van der Waals surface area contributed by atoms with E-state index in [4.69, 9.17) is 5.73 Å². The van der Waals surface area contributed by atoms with Gasteiger partial charge in [-0.25, -0.2) is 9.97 Å². The average molecular weight is 387 g/mol. The predicted molar refractivity (Wildman–Crippen MR) is 110 cm³/mol. The summed E-state index contributed by atoms with van der Waals surface area (Å²) in [7, 11) is 0. The molecule has 1 aromatic carbocycles. The van der Waals surface area contributed by atoms with E-state index in [0.29, 0.717) is 23.8 Å². The van der Waals surface area contributed by atoms with Crippen molar-refractivity contribution < 1.29 is 4.79 Å².